The molecule has 2 aromatic carbocycles. The van der Waals surface area contributed by atoms with E-state index < -0.39 is 0 Å². The second-order valence-corrected chi connectivity index (χ2v) is 13.4. The second-order valence-electron chi connectivity index (χ2n) is 13.4. The van der Waals surface area contributed by atoms with E-state index in [-0.39, 0.29) is 22.9 Å². The molecule has 2 amide bonds. The van der Waals surface area contributed by atoms with Crippen LogP contribution in [0.2, 0.25) is 0 Å². The molecule has 5 heteroatoms. The fraction of sp³-hybridized carbons (Fsp3) is 0.562. The molecule has 1 aliphatic heterocycles. The number of hydrogen-bond donors (Lipinski definition) is 1. The van der Waals surface area contributed by atoms with Gasteiger partial charge < -0.3 is 5.73 Å². The predicted octanol–water partition coefficient (Wildman–Crippen LogP) is 7.91. The maximum atomic E-state index is 14.6. The van der Waals surface area contributed by atoms with E-state index >= 15 is 0 Å². The Bertz CT molecular complexity index is 1160. The third-order valence-electron chi connectivity index (χ3n) is 8.55. The summed E-state index contributed by atoms with van der Waals surface area (Å²) in [6.45, 7) is 12.0. The first kappa shape index (κ1) is 25.8. The molecular weight excluding hydrogens is 456 g/mol. The van der Waals surface area contributed by atoms with Crippen molar-refractivity contribution in [2.45, 2.75) is 98.6 Å². The molecule has 0 saturated heterocycles. The summed E-state index contributed by atoms with van der Waals surface area (Å²) in [6.07, 6.45) is 9.15. The van der Waals surface area contributed by atoms with Crippen LogP contribution in [0.25, 0.3) is 0 Å². The van der Waals surface area contributed by atoms with Crippen molar-refractivity contribution >= 4 is 23.1 Å². The van der Waals surface area contributed by atoms with E-state index in [0.29, 0.717) is 12.5 Å². The second kappa shape index (κ2) is 9.81. The van der Waals surface area contributed by atoms with Gasteiger partial charge in [0, 0.05) is 17.2 Å². The SMILES string of the molecule is Cc1ccc2c(c1)N(Cc1ccc(N)cc1)C(=O)N(C1CC(C)(C)CC(C)(C)C1)N=C2C1CCCCC1. The van der Waals surface area contributed by atoms with E-state index in [2.05, 4.69) is 52.8 Å². The number of carbonyl (C=O) groups excluding carboxylic acids is 1. The number of carbonyl (C=O) groups is 1. The van der Waals surface area contributed by atoms with E-state index in [1.165, 1.54) is 19.3 Å². The molecule has 0 atom stereocenters. The standard InChI is InChI=1S/C32H44N4O/c1-22-11-16-27-28(17-22)35(20-23-12-14-25(33)15-13-23)30(37)36(34-29(27)24-9-7-6-8-10-24)26-18-31(2,3)21-32(4,5)19-26/h11-17,24,26H,6-10,18-21,33H2,1-5H3. The summed E-state index contributed by atoms with van der Waals surface area (Å²) in [5.74, 6) is 0.395. The van der Waals surface area contributed by atoms with Gasteiger partial charge in [-0.1, -0.05) is 71.2 Å². The van der Waals surface area contributed by atoms with Crippen molar-refractivity contribution in [2.24, 2.45) is 21.8 Å². The molecule has 1 heterocycles. The van der Waals surface area contributed by atoms with Crippen LogP contribution in [0, 0.1) is 23.7 Å². The van der Waals surface area contributed by atoms with Crippen LogP contribution < -0.4 is 10.6 Å². The van der Waals surface area contributed by atoms with Crippen LogP contribution in [0.4, 0.5) is 16.2 Å². The van der Waals surface area contributed by atoms with Gasteiger partial charge in [0.05, 0.1) is 24.0 Å². The molecule has 0 spiro atoms. The first-order chi connectivity index (χ1) is 17.5. The van der Waals surface area contributed by atoms with Gasteiger partial charge in [-0.15, -0.1) is 0 Å². The minimum Gasteiger partial charge on any atom is -0.399 e. The number of hydrazone groups is 1. The summed E-state index contributed by atoms with van der Waals surface area (Å²) in [7, 11) is 0. The molecule has 2 saturated carbocycles. The van der Waals surface area contributed by atoms with E-state index in [9.17, 15) is 4.79 Å². The first-order valence-corrected chi connectivity index (χ1v) is 14.2. The Morgan fingerprint density at radius 1 is 0.946 bits per heavy atom. The average Bonchev–Trinajstić information content (AvgIpc) is 2.94. The number of amides is 2. The van der Waals surface area contributed by atoms with Gasteiger partial charge in [0.25, 0.3) is 0 Å². The lowest BCUT2D eigenvalue weighted by atomic mass is 9.63. The van der Waals surface area contributed by atoms with Crippen LogP contribution >= 0.6 is 0 Å². The number of anilines is 2. The summed E-state index contributed by atoms with van der Waals surface area (Å²) >= 11 is 0. The maximum absolute atomic E-state index is 14.6. The lowest BCUT2D eigenvalue weighted by Crippen LogP contribution is -2.50. The number of nitrogen functional groups attached to an aromatic ring is 1. The van der Waals surface area contributed by atoms with Crippen LogP contribution in [0.1, 0.15) is 95.8 Å². The molecule has 37 heavy (non-hydrogen) atoms. The van der Waals surface area contributed by atoms with Gasteiger partial charge in [0.1, 0.15) is 0 Å². The maximum Gasteiger partial charge on any atom is 0.345 e. The van der Waals surface area contributed by atoms with Gasteiger partial charge in [0.2, 0.25) is 0 Å². The van der Waals surface area contributed by atoms with E-state index in [0.717, 1.165) is 65.9 Å². The number of urea groups is 1. The van der Waals surface area contributed by atoms with Gasteiger partial charge in [-0.2, -0.15) is 5.10 Å². The zero-order valence-corrected chi connectivity index (χ0v) is 23.4. The first-order valence-electron chi connectivity index (χ1n) is 14.2. The molecule has 2 aliphatic carbocycles. The normalized spacial score (nSPS) is 22.4. The minimum atomic E-state index is -0.00650. The molecule has 2 N–H and O–H groups in total. The molecule has 0 aromatic heterocycles. The Labute approximate surface area is 223 Å². The number of nitrogens with zero attached hydrogens (tertiary/aromatic N) is 3. The summed E-state index contributed by atoms with van der Waals surface area (Å²) in [5, 5.41) is 7.25. The summed E-state index contributed by atoms with van der Waals surface area (Å²) in [6, 6.07) is 14.5. The number of nitrogens with two attached hydrogens (primary N) is 1. The Morgan fingerprint density at radius 2 is 1.59 bits per heavy atom. The minimum absolute atomic E-state index is 0.00650. The molecule has 198 valence electrons. The van der Waals surface area contributed by atoms with Gasteiger partial charge in [-0.3, -0.25) is 4.90 Å². The van der Waals surface area contributed by atoms with Crippen molar-refractivity contribution < 1.29 is 4.79 Å². The number of hydrogen-bond acceptors (Lipinski definition) is 3. The largest absolute Gasteiger partial charge is 0.399 e. The summed E-state index contributed by atoms with van der Waals surface area (Å²) in [5.41, 5.74) is 12.5. The number of rotatable bonds is 4. The molecule has 5 rings (SSSR count). The molecule has 3 aliphatic rings. The Balaban J connectivity index is 1.63. The van der Waals surface area contributed by atoms with Crippen molar-refractivity contribution in [3.63, 3.8) is 0 Å². The Morgan fingerprint density at radius 3 is 2.24 bits per heavy atom. The highest BCUT2D eigenvalue weighted by molar-refractivity contribution is 6.11. The Kier molecular flexibility index (Phi) is 6.84. The molecule has 2 fully saturated rings. The zero-order chi connectivity index (χ0) is 26.4. The molecule has 5 nitrogen and oxygen atoms in total. The topological polar surface area (TPSA) is 61.9 Å². The van der Waals surface area contributed by atoms with Crippen LogP contribution in [0.3, 0.4) is 0 Å². The van der Waals surface area contributed by atoms with Crippen molar-refractivity contribution in [1.82, 2.24) is 5.01 Å². The third kappa shape index (κ3) is 5.56. The lowest BCUT2D eigenvalue weighted by molar-refractivity contribution is 0.0418. The van der Waals surface area contributed by atoms with Crippen LogP contribution in [0.5, 0.6) is 0 Å². The van der Waals surface area contributed by atoms with E-state index in [4.69, 9.17) is 10.8 Å². The van der Waals surface area contributed by atoms with Crippen LogP contribution in [0.15, 0.2) is 47.6 Å². The van der Waals surface area contributed by atoms with E-state index in [1.54, 1.807) is 0 Å². The van der Waals surface area contributed by atoms with Crippen molar-refractivity contribution in [3.8, 4) is 0 Å². The highest BCUT2D eigenvalue weighted by Crippen LogP contribution is 2.48. The molecule has 0 bridgehead atoms. The predicted molar refractivity (Wildman–Crippen MR) is 154 cm³/mol. The zero-order valence-electron chi connectivity index (χ0n) is 23.4. The van der Waals surface area contributed by atoms with E-state index in [1.807, 2.05) is 34.2 Å². The fourth-order valence-electron chi connectivity index (χ4n) is 7.36. The smallest absolute Gasteiger partial charge is 0.345 e. The number of aryl methyl sites for hydroxylation is 1. The molecular formula is C32H44N4O. The molecule has 0 unspecified atom stereocenters. The van der Waals surface area contributed by atoms with Crippen molar-refractivity contribution in [3.05, 3.63) is 59.2 Å². The number of fused-ring (bicyclic) bond motifs is 1. The Hall–Kier alpha value is -2.82. The van der Waals surface area contributed by atoms with Gasteiger partial charge in [-0.05, 0) is 79.2 Å². The fourth-order valence-corrected chi connectivity index (χ4v) is 7.36. The van der Waals surface area contributed by atoms with Gasteiger partial charge >= 0.3 is 6.03 Å². The summed E-state index contributed by atoms with van der Waals surface area (Å²) in [4.78, 5) is 16.5. The van der Waals surface area contributed by atoms with Crippen molar-refractivity contribution in [2.75, 3.05) is 10.6 Å². The number of benzene rings is 2. The van der Waals surface area contributed by atoms with Crippen molar-refractivity contribution in [1.29, 1.82) is 0 Å². The summed E-state index contributed by atoms with van der Waals surface area (Å²) < 4.78 is 0. The van der Waals surface area contributed by atoms with Crippen LogP contribution in [-0.2, 0) is 6.54 Å². The highest BCUT2D eigenvalue weighted by atomic mass is 16.2. The third-order valence-corrected chi connectivity index (χ3v) is 8.55. The molecule has 0 radical (unpaired) electrons. The van der Waals surface area contributed by atoms with Gasteiger partial charge in [0.15, 0.2) is 0 Å². The molecule has 2 aromatic rings. The highest BCUT2D eigenvalue weighted by Gasteiger charge is 2.44. The quantitative estimate of drug-likeness (QED) is 0.434. The van der Waals surface area contributed by atoms with Gasteiger partial charge in [-0.25, -0.2) is 9.80 Å². The monoisotopic (exact) mass is 500 g/mol. The van der Waals surface area contributed by atoms with Crippen LogP contribution in [-0.4, -0.2) is 22.8 Å². The lowest BCUT2D eigenvalue weighted by Gasteiger charge is -2.47. The average molecular weight is 501 g/mol.